The van der Waals surface area contributed by atoms with Crippen LogP contribution in [0.1, 0.15) is 25.3 Å². The minimum absolute atomic E-state index is 0.0482. The summed E-state index contributed by atoms with van der Waals surface area (Å²) in [4.78, 5) is 18.1. The van der Waals surface area contributed by atoms with Gasteiger partial charge in [0.25, 0.3) is 0 Å². The highest BCUT2D eigenvalue weighted by Crippen LogP contribution is 2.29. The first kappa shape index (κ1) is 20.1. The number of benzene rings is 1. The van der Waals surface area contributed by atoms with E-state index in [-0.39, 0.29) is 18.4 Å². The maximum Gasteiger partial charge on any atom is 0.219 e. The number of β-amino-alcohol motifs (C(OH)–C–C–N with tert-alkyl or cyclic N) is 1. The van der Waals surface area contributed by atoms with Crippen molar-refractivity contribution in [2.75, 3.05) is 57.3 Å². The highest BCUT2D eigenvalue weighted by atomic mass is 16.3. The van der Waals surface area contributed by atoms with Crippen molar-refractivity contribution in [3.05, 3.63) is 29.8 Å². The number of nitrogens with zero attached hydrogens (tertiary/aromatic N) is 3. The Kier molecular flexibility index (Phi) is 6.40. The molecule has 6 heteroatoms. The van der Waals surface area contributed by atoms with E-state index >= 15 is 0 Å². The first-order valence-corrected chi connectivity index (χ1v) is 10.0. The van der Waals surface area contributed by atoms with Crippen LogP contribution in [-0.2, 0) is 4.79 Å². The molecule has 3 rings (SSSR count). The van der Waals surface area contributed by atoms with Crippen LogP contribution in [-0.4, -0.2) is 83.9 Å². The molecule has 0 spiro atoms. The van der Waals surface area contributed by atoms with Gasteiger partial charge in [0.1, 0.15) is 0 Å². The van der Waals surface area contributed by atoms with E-state index in [1.807, 2.05) is 4.90 Å². The van der Waals surface area contributed by atoms with Crippen molar-refractivity contribution in [2.45, 2.75) is 32.3 Å². The van der Waals surface area contributed by atoms with E-state index in [2.05, 4.69) is 41.0 Å². The molecule has 2 heterocycles. The maximum atomic E-state index is 11.7. The van der Waals surface area contributed by atoms with Gasteiger partial charge >= 0.3 is 0 Å². The smallest absolute Gasteiger partial charge is 0.219 e. The molecule has 27 heavy (non-hydrogen) atoms. The molecule has 1 atom stereocenters. The fourth-order valence-corrected chi connectivity index (χ4v) is 4.38. The second-order valence-electron chi connectivity index (χ2n) is 8.25. The van der Waals surface area contributed by atoms with Gasteiger partial charge in [-0.3, -0.25) is 9.69 Å². The molecule has 2 saturated heterocycles. The molecule has 0 radical (unpaired) electrons. The molecular weight excluding hydrogens is 342 g/mol. The van der Waals surface area contributed by atoms with Crippen LogP contribution < -0.4 is 4.90 Å². The largest absolute Gasteiger partial charge is 0.396 e. The monoisotopic (exact) mass is 375 g/mol. The summed E-state index contributed by atoms with van der Waals surface area (Å²) in [7, 11) is 0. The maximum absolute atomic E-state index is 11.7. The van der Waals surface area contributed by atoms with Crippen LogP contribution in [0.2, 0.25) is 0 Å². The minimum Gasteiger partial charge on any atom is -0.396 e. The van der Waals surface area contributed by atoms with Crippen LogP contribution in [0.5, 0.6) is 0 Å². The van der Waals surface area contributed by atoms with E-state index < -0.39 is 5.60 Å². The van der Waals surface area contributed by atoms with Crippen LogP contribution in [0.25, 0.3) is 0 Å². The first-order chi connectivity index (χ1) is 12.9. The molecule has 0 unspecified atom stereocenters. The summed E-state index contributed by atoms with van der Waals surface area (Å²) in [6, 6.07) is 8.40. The molecule has 150 valence electrons. The fraction of sp³-hybridized carbons (Fsp3) is 0.667. The average Bonchev–Trinajstić information content (AvgIpc) is 2.85. The quantitative estimate of drug-likeness (QED) is 0.825. The summed E-state index contributed by atoms with van der Waals surface area (Å²) in [6.07, 6.45) is 1.47. The number of rotatable bonds is 4. The van der Waals surface area contributed by atoms with Gasteiger partial charge in [0.2, 0.25) is 5.91 Å². The zero-order valence-corrected chi connectivity index (χ0v) is 16.6. The summed E-state index contributed by atoms with van der Waals surface area (Å²) in [6.45, 7) is 8.82. The summed E-state index contributed by atoms with van der Waals surface area (Å²) in [5.41, 5.74) is 1.82. The van der Waals surface area contributed by atoms with E-state index in [4.69, 9.17) is 0 Å². The minimum atomic E-state index is -0.704. The zero-order valence-electron chi connectivity index (χ0n) is 16.6. The lowest BCUT2D eigenvalue weighted by molar-refractivity contribution is -0.129. The third-order valence-electron chi connectivity index (χ3n) is 6.05. The van der Waals surface area contributed by atoms with E-state index in [0.29, 0.717) is 19.6 Å². The summed E-state index contributed by atoms with van der Waals surface area (Å²) >= 11 is 0. The Morgan fingerprint density at radius 1 is 1.15 bits per heavy atom. The van der Waals surface area contributed by atoms with E-state index in [1.54, 1.807) is 6.92 Å². The Morgan fingerprint density at radius 2 is 1.85 bits per heavy atom. The highest BCUT2D eigenvalue weighted by Gasteiger charge is 2.36. The lowest BCUT2D eigenvalue weighted by atomic mass is 9.90. The van der Waals surface area contributed by atoms with Crippen LogP contribution in [0.3, 0.4) is 0 Å². The van der Waals surface area contributed by atoms with Gasteiger partial charge in [-0.1, -0.05) is 18.2 Å². The summed E-state index contributed by atoms with van der Waals surface area (Å²) in [5, 5.41) is 20.8. The first-order valence-electron chi connectivity index (χ1n) is 10.0. The van der Waals surface area contributed by atoms with Crippen LogP contribution in [0.4, 0.5) is 5.69 Å². The Labute approximate surface area is 162 Å². The van der Waals surface area contributed by atoms with Crippen molar-refractivity contribution in [3.63, 3.8) is 0 Å². The van der Waals surface area contributed by atoms with Crippen LogP contribution >= 0.6 is 0 Å². The highest BCUT2D eigenvalue weighted by molar-refractivity contribution is 5.73. The molecule has 0 aliphatic carbocycles. The number of carbonyl (C=O) groups excluding carboxylic acids is 1. The van der Waals surface area contributed by atoms with Gasteiger partial charge in [-0.15, -0.1) is 0 Å². The fourth-order valence-electron chi connectivity index (χ4n) is 4.38. The molecule has 2 N–H and O–H groups in total. The normalized spacial score (nSPS) is 23.9. The van der Waals surface area contributed by atoms with Crippen molar-refractivity contribution in [1.29, 1.82) is 0 Å². The van der Waals surface area contributed by atoms with Gasteiger partial charge in [0.05, 0.1) is 5.60 Å². The van der Waals surface area contributed by atoms with Crippen molar-refractivity contribution < 1.29 is 15.0 Å². The van der Waals surface area contributed by atoms with E-state index in [1.165, 1.54) is 11.3 Å². The molecule has 0 bridgehead atoms. The molecule has 1 aromatic carbocycles. The number of piperidine rings is 1. The molecule has 1 amide bonds. The number of anilines is 1. The van der Waals surface area contributed by atoms with Crippen LogP contribution in [0.15, 0.2) is 24.3 Å². The summed E-state index contributed by atoms with van der Waals surface area (Å²) < 4.78 is 0. The third-order valence-corrected chi connectivity index (χ3v) is 6.05. The van der Waals surface area contributed by atoms with Gasteiger partial charge in [-0.05, 0) is 31.4 Å². The second kappa shape index (κ2) is 8.59. The zero-order chi connectivity index (χ0) is 19.4. The molecule has 0 aromatic heterocycles. The number of hydrogen-bond acceptors (Lipinski definition) is 5. The SMILES string of the molecule is CC(=O)N1CCN(CC2(O)CCN(c3ccccc3C)CC2)C[C@H](CO)C1. The third kappa shape index (κ3) is 5.00. The van der Waals surface area contributed by atoms with E-state index in [9.17, 15) is 15.0 Å². The van der Waals surface area contributed by atoms with Crippen molar-refractivity contribution >= 4 is 11.6 Å². The van der Waals surface area contributed by atoms with Crippen molar-refractivity contribution in [2.24, 2.45) is 5.92 Å². The van der Waals surface area contributed by atoms with Gasteiger partial charge in [0, 0.05) is 70.9 Å². The van der Waals surface area contributed by atoms with Gasteiger partial charge < -0.3 is 20.0 Å². The molecule has 1 aromatic rings. The number of aliphatic hydroxyl groups excluding tert-OH is 1. The molecule has 2 fully saturated rings. The predicted molar refractivity (Wildman–Crippen MR) is 107 cm³/mol. The average molecular weight is 376 g/mol. The standard InChI is InChI=1S/C21H33N3O3/c1-17-5-3-4-6-20(17)23-9-7-21(27,8-10-23)16-22-11-12-24(18(2)26)14-19(13-22)15-25/h3-6,19,25,27H,7-16H2,1-2H3/t19-/m0/s1. The van der Waals surface area contributed by atoms with Gasteiger partial charge in [-0.2, -0.15) is 0 Å². The number of aryl methyl sites for hydroxylation is 1. The lowest BCUT2D eigenvalue weighted by Gasteiger charge is -2.42. The Bertz CT molecular complexity index is 643. The lowest BCUT2D eigenvalue weighted by Crippen LogP contribution is -2.52. The molecular formula is C21H33N3O3. The Hall–Kier alpha value is -1.63. The van der Waals surface area contributed by atoms with E-state index in [0.717, 1.165) is 39.0 Å². The van der Waals surface area contributed by atoms with Gasteiger partial charge in [0.15, 0.2) is 0 Å². The summed E-state index contributed by atoms with van der Waals surface area (Å²) in [5.74, 6) is 0.104. The predicted octanol–water partition coefficient (Wildman–Crippen LogP) is 1.10. The number of amides is 1. The molecule has 6 nitrogen and oxygen atoms in total. The topological polar surface area (TPSA) is 67.2 Å². The van der Waals surface area contributed by atoms with Crippen molar-refractivity contribution in [3.8, 4) is 0 Å². The number of para-hydroxylation sites is 1. The molecule has 2 aliphatic rings. The number of hydrogen-bond donors (Lipinski definition) is 2. The molecule has 0 saturated carbocycles. The van der Waals surface area contributed by atoms with Crippen LogP contribution in [0, 0.1) is 12.8 Å². The Morgan fingerprint density at radius 3 is 2.48 bits per heavy atom. The second-order valence-corrected chi connectivity index (χ2v) is 8.25. The number of carbonyl (C=O) groups is 1. The van der Waals surface area contributed by atoms with Crippen molar-refractivity contribution in [1.82, 2.24) is 9.80 Å². The Balaban J connectivity index is 1.59. The van der Waals surface area contributed by atoms with Gasteiger partial charge in [-0.25, -0.2) is 0 Å². The molecule has 2 aliphatic heterocycles. The number of aliphatic hydroxyl groups is 2.